The SMILES string of the molecule is CC1CN(CC2CCN(C(=O)c3ccccc3-c3ccc(Cn4cccn4)cc3)CC2)CC(C)O1. The number of carbonyl (C=O) groups excluding carboxylic acids is 1. The van der Waals surface area contributed by atoms with Crippen molar-refractivity contribution in [3.63, 3.8) is 0 Å². The zero-order valence-corrected chi connectivity index (χ0v) is 20.8. The lowest BCUT2D eigenvalue weighted by Crippen LogP contribution is -2.48. The Labute approximate surface area is 208 Å². The number of carbonyl (C=O) groups is 1. The first-order valence-corrected chi connectivity index (χ1v) is 12.9. The van der Waals surface area contributed by atoms with Gasteiger partial charge in [-0.15, -0.1) is 0 Å². The summed E-state index contributed by atoms with van der Waals surface area (Å²) in [7, 11) is 0. The van der Waals surface area contributed by atoms with E-state index >= 15 is 0 Å². The highest BCUT2D eigenvalue weighted by atomic mass is 16.5. The Bertz CT molecular complexity index is 1090. The van der Waals surface area contributed by atoms with Crippen molar-refractivity contribution < 1.29 is 9.53 Å². The quantitative estimate of drug-likeness (QED) is 0.528. The van der Waals surface area contributed by atoms with E-state index in [1.807, 2.05) is 40.0 Å². The summed E-state index contributed by atoms with van der Waals surface area (Å²) in [5.74, 6) is 0.794. The normalized spacial score (nSPS) is 21.8. The van der Waals surface area contributed by atoms with E-state index in [1.54, 1.807) is 6.20 Å². The van der Waals surface area contributed by atoms with E-state index < -0.39 is 0 Å². The monoisotopic (exact) mass is 472 g/mol. The van der Waals surface area contributed by atoms with Gasteiger partial charge in [0, 0.05) is 50.7 Å². The van der Waals surface area contributed by atoms with Crippen LogP contribution < -0.4 is 0 Å². The molecule has 2 saturated heterocycles. The Hall–Kier alpha value is -2.96. The van der Waals surface area contributed by atoms with Gasteiger partial charge in [-0.3, -0.25) is 14.4 Å². The number of hydrogen-bond donors (Lipinski definition) is 0. The number of hydrogen-bond acceptors (Lipinski definition) is 4. The van der Waals surface area contributed by atoms with Crippen molar-refractivity contribution in [3.8, 4) is 11.1 Å². The number of rotatable bonds is 6. The molecule has 0 spiro atoms. The smallest absolute Gasteiger partial charge is 0.254 e. The van der Waals surface area contributed by atoms with Gasteiger partial charge in [-0.2, -0.15) is 5.10 Å². The fourth-order valence-corrected chi connectivity index (χ4v) is 5.58. The molecule has 1 aromatic heterocycles. The zero-order chi connectivity index (χ0) is 24.2. The third-order valence-electron chi connectivity index (χ3n) is 7.24. The molecule has 2 aliphatic rings. The van der Waals surface area contributed by atoms with Gasteiger partial charge in [0.2, 0.25) is 0 Å². The summed E-state index contributed by atoms with van der Waals surface area (Å²) in [4.78, 5) is 18.1. The van der Waals surface area contributed by atoms with E-state index in [0.29, 0.717) is 18.1 Å². The Morgan fingerprint density at radius 1 is 0.971 bits per heavy atom. The van der Waals surface area contributed by atoms with Crippen LogP contribution in [-0.2, 0) is 11.3 Å². The van der Waals surface area contributed by atoms with Crippen LogP contribution >= 0.6 is 0 Å². The lowest BCUT2D eigenvalue weighted by atomic mass is 9.93. The number of morpholine rings is 1. The second-order valence-corrected chi connectivity index (χ2v) is 10.2. The van der Waals surface area contributed by atoms with Crippen molar-refractivity contribution in [1.82, 2.24) is 19.6 Å². The molecule has 3 aromatic rings. The molecule has 0 N–H and O–H groups in total. The summed E-state index contributed by atoms with van der Waals surface area (Å²) >= 11 is 0. The van der Waals surface area contributed by atoms with Gasteiger partial charge in [0.1, 0.15) is 0 Å². The van der Waals surface area contributed by atoms with Crippen molar-refractivity contribution in [2.24, 2.45) is 5.92 Å². The molecule has 3 heterocycles. The van der Waals surface area contributed by atoms with Crippen LogP contribution in [0, 0.1) is 5.92 Å². The van der Waals surface area contributed by atoms with Crippen LogP contribution in [0.15, 0.2) is 67.0 Å². The van der Waals surface area contributed by atoms with Crippen molar-refractivity contribution in [2.75, 3.05) is 32.7 Å². The molecule has 0 radical (unpaired) electrons. The minimum absolute atomic E-state index is 0.147. The summed E-state index contributed by atoms with van der Waals surface area (Å²) in [6, 6.07) is 18.4. The van der Waals surface area contributed by atoms with Gasteiger partial charge in [-0.1, -0.05) is 42.5 Å². The Balaban J connectivity index is 1.21. The average molecular weight is 473 g/mol. The maximum atomic E-state index is 13.5. The Morgan fingerprint density at radius 3 is 2.37 bits per heavy atom. The minimum atomic E-state index is 0.147. The Morgan fingerprint density at radius 2 is 1.69 bits per heavy atom. The molecule has 0 bridgehead atoms. The molecule has 2 aromatic carbocycles. The predicted octanol–water partition coefficient (Wildman–Crippen LogP) is 4.56. The zero-order valence-electron chi connectivity index (χ0n) is 20.8. The molecule has 1 amide bonds. The summed E-state index contributed by atoms with van der Waals surface area (Å²) in [6.07, 6.45) is 6.50. The van der Waals surface area contributed by atoms with Crippen LogP contribution in [0.25, 0.3) is 11.1 Å². The number of likely N-dealkylation sites (tertiary alicyclic amines) is 1. The van der Waals surface area contributed by atoms with Crippen molar-refractivity contribution in [3.05, 3.63) is 78.1 Å². The second-order valence-electron chi connectivity index (χ2n) is 10.2. The van der Waals surface area contributed by atoms with E-state index in [9.17, 15) is 4.79 Å². The first kappa shape index (κ1) is 23.8. The lowest BCUT2D eigenvalue weighted by Gasteiger charge is -2.39. The predicted molar refractivity (Wildman–Crippen MR) is 138 cm³/mol. The summed E-state index contributed by atoms with van der Waals surface area (Å²) in [6.45, 7) is 9.86. The van der Waals surface area contributed by atoms with Crippen molar-refractivity contribution in [2.45, 2.75) is 45.4 Å². The molecule has 2 aliphatic heterocycles. The number of nitrogens with zero attached hydrogens (tertiary/aromatic N) is 4. The van der Waals surface area contributed by atoms with E-state index in [4.69, 9.17) is 4.74 Å². The first-order valence-electron chi connectivity index (χ1n) is 12.9. The fourth-order valence-electron chi connectivity index (χ4n) is 5.58. The molecule has 0 saturated carbocycles. The molecule has 6 heteroatoms. The van der Waals surface area contributed by atoms with Crippen LogP contribution in [0.1, 0.15) is 42.6 Å². The van der Waals surface area contributed by atoms with Crippen LogP contribution in [0.4, 0.5) is 0 Å². The molecule has 5 rings (SSSR count). The molecule has 184 valence electrons. The molecule has 0 aliphatic carbocycles. The van der Waals surface area contributed by atoms with Gasteiger partial charge < -0.3 is 9.64 Å². The number of benzene rings is 2. The minimum Gasteiger partial charge on any atom is -0.373 e. The maximum absolute atomic E-state index is 13.5. The maximum Gasteiger partial charge on any atom is 0.254 e. The number of aromatic nitrogens is 2. The third-order valence-corrected chi connectivity index (χ3v) is 7.24. The highest BCUT2D eigenvalue weighted by Gasteiger charge is 2.29. The number of ether oxygens (including phenoxy) is 1. The van der Waals surface area contributed by atoms with Crippen LogP contribution in [0.3, 0.4) is 0 Å². The van der Waals surface area contributed by atoms with E-state index in [-0.39, 0.29) is 5.91 Å². The molecular weight excluding hydrogens is 436 g/mol. The number of amides is 1. The van der Waals surface area contributed by atoms with Gasteiger partial charge in [-0.25, -0.2) is 0 Å². The standard InChI is InChI=1S/C29H36N4O2/c1-22-18-31(19-23(2)35-22)20-25-12-16-32(17-13-25)29(34)28-7-4-3-6-27(28)26-10-8-24(9-11-26)21-33-15-5-14-30-33/h3-11,14-15,22-23,25H,12-13,16-21H2,1-2H3. The number of piperidine rings is 1. The van der Waals surface area contributed by atoms with E-state index in [2.05, 4.69) is 54.2 Å². The molecule has 6 nitrogen and oxygen atoms in total. The molecular formula is C29H36N4O2. The van der Waals surface area contributed by atoms with Crippen molar-refractivity contribution >= 4 is 5.91 Å². The molecule has 2 unspecified atom stereocenters. The first-order chi connectivity index (χ1) is 17.0. The van der Waals surface area contributed by atoms with Crippen molar-refractivity contribution in [1.29, 1.82) is 0 Å². The van der Waals surface area contributed by atoms with Crippen LogP contribution in [-0.4, -0.2) is 70.4 Å². The highest BCUT2D eigenvalue weighted by Crippen LogP contribution is 2.28. The van der Waals surface area contributed by atoms with E-state index in [1.165, 1.54) is 5.56 Å². The van der Waals surface area contributed by atoms with E-state index in [0.717, 1.165) is 68.8 Å². The largest absolute Gasteiger partial charge is 0.373 e. The van der Waals surface area contributed by atoms with Gasteiger partial charge >= 0.3 is 0 Å². The summed E-state index contributed by atoms with van der Waals surface area (Å²) < 4.78 is 7.80. The molecule has 2 fully saturated rings. The highest BCUT2D eigenvalue weighted by molar-refractivity contribution is 6.01. The van der Waals surface area contributed by atoms with Gasteiger partial charge in [-0.05, 0) is 61.4 Å². The average Bonchev–Trinajstić information content (AvgIpc) is 3.37. The van der Waals surface area contributed by atoms with Gasteiger partial charge in [0.25, 0.3) is 5.91 Å². The van der Waals surface area contributed by atoms with Gasteiger partial charge in [0.05, 0.1) is 18.8 Å². The topological polar surface area (TPSA) is 50.6 Å². The summed E-state index contributed by atoms with van der Waals surface area (Å²) in [5.41, 5.74) is 4.05. The second kappa shape index (κ2) is 10.8. The summed E-state index contributed by atoms with van der Waals surface area (Å²) in [5, 5.41) is 4.28. The lowest BCUT2D eigenvalue weighted by molar-refractivity contribution is -0.0728. The van der Waals surface area contributed by atoms with Crippen LogP contribution in [0.2, 0.25) is 0 Å². The van der Waals surface area contributed by atoms with Crippen LogP contribution in [0.5, 0.6) is 0 Å². The van der Waals surface area contributed by atoms with Gasteiger partial charge in [0.15, 0.2) is 0 Å². The molecule has 2 atom stereocenters. The molecule has 35 heavy (non-hydrogen) atoms. The Kier molecular flexibility index (Phi) is 7.30. The fraction of sp³-hybridized carbons (Fsp3) is 0.448. The third kappa shape index (κ3) is 5.82.